The first kappa shape index (κ1) is 12.9. The van der Waals surface area contributed by atoms with Crippen molar-refractivity contribution in [2.24, 2.45) is 0 Å². The van der Waals surface area contributed by atoms with Crippen LogP contribution in [0.1, 0.15) is 15.9 Å². The lowest BCUT2D eigenvalue weighted by Gasteiger charge is -2.19. The van der Waals surface area contributed by atoms with E-state index in [4.69, 9.17) is 5.73 Å². The van der Waals surface area contributed by atoms with Crippen molar-refractivity contribution in [2.75, 3.05) is 17.2 Å². The lowest BCUT2D eigenvalue weighted by atomic mass is 10.0. The maximum absolute atomic E-state index is 13.0. The van der Waals surface area contributed by atoms with Crippen LogP contribution in [-0.2, 0) is 6.42 Å². The number of nitrogen functional groups attached to an aromatic ring is 1. The van der Waals surface area contributed by atoms with Gasteiger partial charge in [-0.3, -0.25) is 4.79 Å². The number of carbonyl (C=O) groups excluding carboxylic acids is 1. The Morgan fingerprint density at radius 2 is 1.82 bits per heavy atom. The Morgan fingerprint density at radius 1 is 1.00 bits per heavy atom. The summed E-state index contributed by atoms with van der Waals surface area (Å²) in [5.41, 5.74) is 9.45. The van der Waals surface area contributed by atoms with Crippen LogP contribution in [0.15, 0.2) is 60.7 Å². The molecule has 3 heteroatoms. The molecular formula is C19H16N2O. The second kappa shape index (κ2) is 4.88. The van der Waals surface area contributed by atoms with Gasteiger partial charge < -0.3 is 10.6 Å². The van der Waals surface area contributed by atoms with Crippen molar-refractivity contribution in [3.63, 3.8) is 0 Å². The van der Waals surface area contributed by atoms with E-state index in [1.54, 1.807) is 0 Å². The topological polar surface area (TPSA) is 46.3 Å². The third kappa shape index (κ3) is 1.94. The first-order valence-electron chi connectivity index (χ1n) is 7.42. The highest BCUT2D eigenvalue weighted by atomic mass is 16.2. The van der Waals surface area contributed by atoms with Gasteiger partial charge in [0.15, 0.2) is 0 Å². The van der Waals surface area contributed by atoms with Crippen molar-refractivity contribution in [3.8, 4) is 0 Å². The molecule has 0 bridgehead atoms. The SMILES string of the molecule is Nc1ccc2c(c1)N(C(=O)c1cccc3ccccc13)CC2. The lowest BCUT2D eigenvalue weighted by Crippen LogP contribution is -2.29. The van der Waals surface area contributed by atoms with Gasteiger partial charge >= 0.3 is 0 Å². The summed E-state index contributed by atoms with van der Waals surface area (Å²) in [6, 6.07) is 19.7. The van der Waals surface area contributed by atoms with E-state index in [1.807, 2.05) is 65.6 Å². The van der Waals surface area contributed by atoms with Gasteiger partial charge in [0, 0.05) is 23.5 Å². The van der Waals surface area contributed by atoms with Gasteiger partial charge in [0.1, 0.15) is 0 Å². The average Bonchev–Trinajstić information content (AvgIpc) is 2.96. The Labute approximate surface area is 129 Å². The van der Waals surface area contributed by atoms with Crippen LogP contribution in [-0.4, -0.2) is 12.5 Å². The first-order valence-corrected chi connectivity index (χ1v) is 7.42. The summed E-state index contributed by atoms with van der Waals surface area (Å²) >= 11 is 0. The van der Waals surface area contributed by atoms with Crippen LogP contribution in [0.4, 0.5) is 11.4 Å². The molecule has 2 N–H and O–H groups in total. The van der Waals surface area contributed by atoms with Crippen molar-refractivity contribution in [2.45, 2.75) is 6.42 Å². The molecule has 108 valence electrons. The fourth-order valence-electron chi connectivity index (χ4n) is 3.16. The normalized spacial score (nSPS) is 13.4. The molecule has 0 saturated heterocycles. The molecule has 1 aliphatic heterocycles. The Bertz CT molecular complexity index is 880. The zero-order valence-electron chi connectivity index (χ0n) is 12.1. The number of rotatable bonds is 1. The van der Waals surface area contributed by atoms with Crippen molar-refractivity contribution < 1.29 is 4.79 Å². The largest absolute Gasteiger partial charge is 0.399 e. The van der Waals surface area contributed by atoms with Crippen LogP contribution in [0.25, 0.3) is 10.8 Å². The Morgan fingerprint density at radius 3 is 2.73 bits per heavy atom. The molecule has 22 heavy (non-hydrogen) atoms. The molecule has 0 radical (unpaired) electrons. The summed E-state index contributed by atoms with van der Waals surface area (Å²) in [5, 5.41) is 2.08. The summed E-state index contributed by atoms with van der Waals surface area (Å²) in [5.74, 6) is 0.0427. The molecule has 0 aromatic heterocycles. The number of nitrogens with two attached hydrogens (primary N) is 1. The minimum Gasteiger partial charge on any atom is -0.399 e. The van der Waals surface area contributed by atoms with E-state index < -0.39 is 0 Å². The molecule has 0 aliphatic carbocycles. The number of amides is 1. The van der Waals surface area contributed by atoms with Crippen LogP contribution in [0.2, 0.25) is 0 Å². The van der Waals surface area contributed by atoms with Crippen molar-refractivity contribution >= 4 is 28.1 Å². The van der Waals surface area contributed by atoms with Gasteiger partial charge in [-0.1, -0.05) is 42.5 Å². The van der Waals surface area contributed by atoms with Crippen molar-refractivity contribution in [1.82, 2.24) is 0 Å². The van der Waals surface area contributed by atoms with Crippen LogP contribution in [0.5, 0.6) is 0 Å². The lowest BCUT2D eigenvalue weighted by molar-refractivity contribution is 0.0991. The molecule has 0 spiro atoms. The van der Waals surface area contributed by atoms with Gasteiger partial charge in [-0.2, -0.15) is 0 Å². The summed E-state index contributed by atoms with van der Waals surface area (Å²) in [6.45, 7) is 0.709. The maximum atomic E-state index is 13.0. The zero-order chi connectivity index (χ0) is 15.1. The molecule has 4 rings (SSSR count). The molecular weight excluding hydrogens is 272 g/mol. The maximum Gasteiger partial charge on any atom is 0.258 e. The summed E-state index contributed by atoms with van der Waals surface area (Å²) in [4.78, 5) is 14.9. The predicted octanol–water partition coefficient (Wildman–Crippen LogP) is 3.62. The van der Waals surface area contributed by atoms with Crippen LogP contribution < -0.4 is 10.6 Å². The summed E-state index contributed by atoms with van der Waals surface area (Å²) in [6.07, 6.45) is 0.881. The average molecular weight is 288 g/mol. The first-order chi connectivity index (χ1) is 10.7. The highest BCUT2D eigenvalue weighted by Crippen LogP contribution is 2.32. The van der Waals surface area contributed by atoms with Crippen LogP contribution in [0, 0.1) is 0 Å². The van der Waals surface area contributed by atoms with Gasteiger partial charge in [0.25, 0.3) is 5.91 Å². The molecule has 1 aliphatic rings. The van der Waals surface area contributed by atoms with Crippen molar-refractivity contribution in [1.29, 1.82) is 0 Å². The number of carbonyl (C=O) groups is 1. The Hall–Kier alpha value is -2.81. The second-order valence-corrected chi connectivity index (χ2v) is 5.62. The molecule has 0 atom stereocenters. The Kier molecular flexibility index (Phi) is 2.86. The van der Waals surface area contributed by atoms with Gasteiger partial charge in [0.2, 0.25) is 0 Å². The van der Waals surface area contributed by atoms with E-state index in [0.717, 1.165) is 28.4 Å². The van der Waals surface area contributed by atoms with E-state index in [2.05, 4.69) is 0 Å². The van der Waals surface area contributed by atoms with Gasteiger partial charge in [0.05, 0.1) is 0 Å². The van der Waals surface area contributed by atoms with Gasteiger partial charge in [-0.05, 0) is 41.0 Å². The van der Waals surface area contributed by atoms with Crippen LogP contribution >= 0.6 is 0 Å². The summed E-state index contributed by atoms with van der Waals surface area (Å²) < 4.78 is 0. The van der Waals surface area contributed by atoms with E-state index in [-0.39, 0.29) is 5.91 Å². The zero-order valence-corrected chi connectivity index (χ0v) is 12.1. The highest BCUT2D eigenvalue weighted by molar-refractivity contribution is 6.14. The third-order valence-electron chi connectivity index (χ3n) is 4.27. The fraction of sp³-hybridized carbons (Fsp3) is 0.105. The van der Waals surface area contributed by atoms with Gasteiger partial charge in [-0.15, -0.1) is 0 Å². The number of fused-ring (bicyclic) bond motifs is 2. The fourth-order valence-corrected chi connectivity index (χ4v) is 3.16. The highest BCUT2D eigenvalue weighted by Gasteiger charge is 2.26. The number of anilines is 2. The predicted molar refractivity (Wildman–Crippen MR) is 90.2 cm³/mol. The number of hydrogen-bond donors (Lipinski definition) is 1. The van der Waals surface area contributed by atoms with E-state index in [1.165, 1.54) is 5.56 Å². The van der Waals surface area contributed by atoms with Crippen molar-refractivity contribution in [3.05, 3.63) is 71.8 Å². The van der Waals surface area contributed by atoms with E-state index in [0.29, 0.717) is 12.2 Å². The molecule has 3 aromatic carbocycles. The molecule has 1 amide bonds. The standard InChI is InChI=1S/C19H16N2O/c20-15-9-8-14-10-11-21(18(14)12-15)19(22)17-7-3-5-13-4-1-2-6-16(13)17/h1-9,12H,10-11,20H2. The molecule has 0 unspecified atom stereocenters. The monoisotopic (exact) mass is 288 g/mol. The minimum absolute atomic E-state index is 0.0427. The van der Waals surface area contributed by atoms with E-state index >= 15 is 0 Å². The molecule has 0 fully saturated rings. The quantitative estimate of drug-likeness (QED) is 0.695. The minimum atomic E-state index is 0.0427. The van der Waals surface area contributed by atoms with Gasteiger partial charge in [-0.25, -0.2) is 0 Å². The smallest absolute Gasteiger partial charge is 0.258 e. The molecule has 3 nitrogen and oxygen atoms in total. The second-order valence-electron chi connectivity index (χ2n) is 5.62. The van der Waals surface area contributed by atoms with Crippen LogP contribution in [0.3, 0.4) is 0 Å². The van der Waals surface area contributed by atoms with E-state index in [9.17, 15) is 4.79 Å². The molecule has 0 saturated carbocycles. The number of nitrogens with zero attached hydrogens (tertiary/aromatic N) is 1. The number of benzene rings is 3. The molecule has 1 heterocycles. The Balaban J connectivity index is 1.82. The summed E-state index contributed by atoms with van der Waals surface area (Å²) in [7, 11) is 0. The number of hydrogen-bond acceptors (Lipinski definition) is 2. The third-order valence-corrected chi connectivity index (χ3v) is 4.27. The molecule has 3 aromatic rings.